The topological polar surface area (TPSA) is 110 Å². The van der Waals surface area contributed by atoms with Crippen molar-refractivity contribution in [1.29, 1.82) is 0 Å². The summed E-state index contributed by atoms with van der Waals surface area (Å²) in [6.45, 7) is -0.533. The van der Waals surface area contributed by atoms with E-state index in [-0.39, 0.29) is 22.3 Å². The van der Waals surface area contributed by atoms with Crippen LogP contribution in [0, 0.1) is 0 Å². The fourth-order valence-electron chi connectivity index (χ4n) is 2.36. The van der Waals surface area contributed by atoms with Gasteiger partial charge in [-0.1, -0.05) is 6.07 Å². The molecule has 0 aliphatic carbocycles. The number of benzene rings is 2. The molecule has 2 aromatic carbocycles. The van der Waals surface area contributed by atoms with Crippen LogP contribution in [0.15, 0.2) is 71.9 Å². The molecule has 0 radical (unpaired) electrons. The fraction of sp³-hybridized carbons (Fsp3) is 0.105. The standard InChI is InChI=1S/C19H15F3N4O4S/c20-19(21,22)13-3-1-4-15(11-13)30-12-17(27)25-14-5-7-16(8-6-14)31(28,29)26-18-23-9-2-10-24-18/h1-11H,12H2,(H,25,27)(H,23,24,26). The second-order valence-electron chi connectivity index (χ2n) is 6.06. The number of alkyl halides is 3. The van der Waals surface area contributed by atoms with Gasteiger partial charge in [0.15, 0.2) is 6.61 Å². The van der Waals surface area contributed by atoms with Crippen LogP contribution in [-0.2, 0) is 21.0 Å². The number of hydrogen-bond donors (Lipinski definition) is 2. The van der Waals surface area contributed by atoms with Crippen LogP contribution in [0.5, 0.6) is 5.75 Å². The number of carbonyl (C=O) groups excluding carboxylic acids is 1. The van der Waals surface area contributed by atoms with E-state index in [1.165, 1.54) is 54.9 Å². The summed E-state index contributed by atoms with van der Waals surface area (Å²) in [6, 6.07) is 10.9. The van der Waals surface area contributed by atoms with Gasteiger partial charge >= 0.3 is 6.18 Å². The summed E-state index contributed by atoms with van der Waals surface area (Å²) in [5.41, 5.74) is -0.621. The molecule has 0 atom stereocenters. The summed E-state index contributed by atoms with van der Waals surface area (Å²) in [6.07, 6.45) is -1.76. The van der Waals surface area contributed by atoms with Gasteiger partial charge in [0.05, 0.1) is 10.5 Å². The Kier molecular flexibility index (Phi) is 6.39. The number of ether oxygens (including phenoxy) is 1. The van der Waals surface area contributed by atoms with E-state index in [2.05, 4.69) is 20.0 Å². The molecule has 1 heterocycles. The van der Waals surface area contributed by atoms with E-state index in [1.54, 1.807) is 0 Å². The molecule has 0 aliphatic heterocycles. The van der Waals surface area contributed by atoms with Gasteiger partial charge in [-0.05, 0) is 48.5 Å². The average molecular weight is 452 g/mol. The number of sulfonamides is 1. The van der Waals surface area contributed by atoms with Gasteiger partial charge < -0.3 is 10.1 Å². The molecule has 162 valence electrons. The normalized spacial score (nSPS) is 11.6. The van der Waals surface area contributed by atoms with Crippen molar-refractivity contribution in [2.45, 2.75) is 11.1 Å². The molecular formula is C19H15F3N4O4S. The molecular weight excluding hydrogens is 437 g/mol. The van der Waals surface area contributed by atoms with Gasteiger partial charge in [-0.15, -0.1) is 0 Å². The van der Waals surface area contributed by atoms with E-state index in [4.69, 9.17) is 4.74 Å². The highest BCUT2D eigenvalue weighted by Gasteiger charge is 2.30. The first-order valence-electron chi connectivity index (χ1n) is 8.63. The monoisotopic (exact) mass is 452 g/mol. The molecule has 2 N–H and O–H groups in total. The van der Waals surface area contributed by atoms with Gasteiger partial charge in [-0.2, -0.15) is 13.2 Å². The molecule has 0 saturated carbocycles. The highest BCUT2D eigenvalue weighted by Crippen LogP contribution is 2.31. The average Bonchev–Trinajstić information content (AvgIpc) is 2.73. The maximum absolute atomic E-state index is 12.7. The Balaban J connectivity index is 1.58. The van der Waals surface area contributed by atoms with E-state index >= 15 is 0 Å². The molecule has 12 heteroatoms. The summed E-state index contributed by atoms with van der Waals surface area (Å²) in [7, 11) is -3.93. The van der Waals surface area contributed by atoms with E-state index in [1.807, 2.05) is 0 Å². The zero-order valence-corrected chi connectivity index (χ0v) is 16.4. The third-order valence-corrected chi connectivity index (χ3v) is 5.12. The smallest absolute Gasteiger partial charge is 0.416 e. The molecule has 0 unspecified atom stereocenters. The quantitative estimate of drug-likeness (QED) is 0.569. The largest absolute Gasteiger partial charge is 0.484 e. The fourth-order valence-corrected chi connectivity index (χ4v) is 3.31. The molecule has 0 spiro atoms. The van der Waals surface area contributed by atoms with Crippen molar-refractivity contribution in [2.24, 2.45) is 0 Å². The van der Waals surface area contributed by atoms with Crippen LogP contribution in [0.3, 0.4) is 0 Å². The Morgan fingerprint density at radius 2 is 1.68 bits per heavy atom. The Morgan fingerprint density at radius 3 is 2.32 bits per heavy atom. The first-order valence-corrected chi connectivity index (χ1v) is 10.1. The molecule has 1 amide bonds. The third kappa shape index (κ3) is 6.15. The number of hydrogen-bond acceptors (Lipinski definition) is 6. The SMILES string of the molecule is O=C(COc1cccc(C(F)(F)F)c1)Nc1ccc(S(=O)(=O)Nc2ncccn2)cc1. The van der Waals surface area contributed by atoms with Crippen LogP contribution in [-0.4, -0.2) is 30.9 Å². The lowest BCUT2D eigenvalue weighted by Gasteiger charge is -2.11. The van der Waals surface area contributed by atoms with Crippen molar-refractivity contribution < 1.29 is 31.1 Å². The number of rotatable bonds is 7. The summed E-state index contributed by atoms with van der Waals surface area (Å²) < 4.78 is 70.0. The van der Waals surface area contributed by atoms with Crippen molar-refractivity contribution in [3.63, 3.8) is 0 Å². The van der Waals surface area contributed by atoms with Crippen LogP contribution in [0.4, 0.5) is 24.8 Å². The third-order valence-electron chi connectivity index (χ3n) is 3.77. The second kappa shape index (κ2) is 9.00. The Morgan fingerprint density at radius 1 is 1.00 bits per heavy atom. The zero-order chi connectivity index (χ0) is 22.5. The predicted octanol–water partition coefficient (Wildman–Crippen LogP) is 3.31. The first-order chi connectivity index (χ1) is 14.6. The van der Waals surface area contributed by atoms with Gasteiger partial charge in [0.25, 0.3) is 15.9 Å². The van der Waals surface area contributed by atoms with Gasteiger partial charge in [-0.25, -0.2) is 23.1 Å². The highest BCUT2D eigenvalue weighted by atomic mass is 32.2. The molecule has 31 heavy (non-hydrogen) atoms. The molecule has 8 nitrogen and oxygen atoms in total. The number of aromatic nitrogens is 2. The Hall–Kier alpha value is -3.67. The second-order valence-corrected chi connectivity index (χ2v) is 7.75. The van der Waals surface area contributed by atoms with Crippen molar-refractivity contribution >= 4 is 27.6 Å². The lowest BCUT2D eigenvalue weighted by molar-refractivity contribution is -0.137. The lowest BCUT2D eigenvalue weighted by Crippen LogP contribution is -2.20. The number of nitrogens with zero attached hydrogens (tertiary/aromatic N) is 2. The van der Waals surface area contributed by atoms with Crippen LogP contribution >= 0.6 is 0 Å². The number of anilines is 2. The molecule has 0 fully saturated rings. The summed E-state index contributed by atoms with van der Waals surface area (Å²) in [5, 5.41) is 2.46. The Bertz CT molecular complexity index is 1150. The summed E-state index contributed by atoms with van der Waals surface area (Å²) >= 11 is 0. The van der Waals surface area contributed by atoms with Crippen LogP contribution in [0.25, 0.3) is 0 Å². The van der Waals surface area contributed by atoms with Gasteiger partial charge in [-0.3, -0.25) is 4.79 Å². The van der Waals surface area contributed by atoms with Gasteiger partial charge in [0, 0.05) is 18.1 Å². The number of nitrogens with one attached hydrogen (secondary N) is 2. The molecule has 1 aromatic heterocycles. The van der Waals surface area contributed by atoms with Crippen LogP contribution in [0.1, 0.15) is 5.56 Å². The molecule has 0 saturated heterocycles. The molecule has 0 bridgehead atoms. The van der Waals surface area contributed by atoms with E-state index in [0.29, 0.717) is 0 Å². The van der Waals surface area contributed by atoms with Crippen LogP contribution < -0.4 is 14.8 Å². The van der Waals surface area contributed by atoms with Gasteiger partial charge in [0.2, 0.25) is 5.95 Å². The first kappa shape index (κ1) is 22.0. The zero-order valence-electron chi connectivity index (χ0n) is 15.6. The summed E-state index contributed by atoms with van der Waals surface area (Å²) in [5.74, 6) is -0.837. The number of carbonyl (C=O) groups is 1. The predicted molar refractivity (Wildman–Crippen MR) is 105 cm³/mol. The summed E-state index contributed by atoms with van der Waals surface area (Å²) in [4.78, 5) is 19.5. The number of halogens is 3. The van der Waals surface area contributed by atoms with Gasteiger partial charge in [0.1, 0.15) is 5.75 Å². The van der Waals surface area contributed by atoms with Crippen LogP contribution in [0.2, 0.25) is 0 Å². The maximum Gasteiger partial charge on any atom is 0.416 e. The lowest BCUT2D eigenvalue weighted by atomic mass is 10.2. The van der Waals surface area contributed by atoms with Crippen molar-refractivity contribution in [3.8, 4) is 5.75 Å². The van der Waals surface area contributed by atoms with Crippen molar-refractivity contribution in [3.05, 3.63) is 72.6 Å². The number of amides is 1. The minimum atomic E-state index is -4.52. The maximum atomic E-state index is 12.7. The van der Waals surface area contributed by atoms with E-state index in [0.717, 1.165) is 12.1 Å². The van der Waals surface area contributed by atoms with Crippen molar-refractivity contribution in [2.75, 3.05) is 16.6 Å². The molecule has 3 aromatic rings. The molecule has 0 aliphatic rings. The van der Waals surface area contributed by atoms with E-state index < -0.39 is 34.3 Å². The Labute approximate surface area is 175 Å². The molecule has 3 rings (SSSR count). The highest BCUT2D eigenvalue weighted by molar-refractivity contribution is 7.92. The minimum absolute atomic E-state index is 0.0850. The minimum Gasteiger partial charge on any atom is -0.484 e. The van der Waals surface area contributed by atoms with Crippen molar-refractivity contribution in [1.82, 2.24) is 9.97 Å². The van der Waals surface area contributed by atoms with E-state index in [9.17, 15) is 26.4 Å².